The highest BCUT2D eigenvalue weighted by Gasteiger charge is 1.98. The Balaban J connectivity index is 2.59. The number of aryl methyl sites for hydroxylation is 2. The third-order valence-corrected chi connectivity index (χ3v) is 3.51. The molecular weight excluding hydrogens is 216 g/mol. The maximum atomic E-state index is 2.33. The van der Waals surface area contributed by atoms with E-state index in [1.54, 1.807) is 5.57 Å². The van der Waals surface area contributed by atoms with Gasteiger partial charge < -0.3 is 0 Å². The summed E-state index contributed by atoms with van der Waals surface area (Å²) in [6.07, 6.45) is 9.11. The van der Waals surface area contributed by atoms with Crippen LogP contribution in [0.5, 0.6) is 0 Å². The molecule has 0 aliphatic rings. The second-order valence-corrected chi connectivity index (χ2v) is 4.86. The molecule has 0 saturated carbocycles. The van der Waals surface area contributed by atoms with Gasteiger partial charge in [-0.3, -0.25) is 0 Å². The molecular formula is C18H26. The predicted octanol–water partition coefficient (Wildman–Crippen LogP) is 5.48. The number of benzene rings is 1. The first-order chi connectivity index (χ1) is 8.69. The van der Waals surface area contributed by atoms with E-state index in [1.807, 2.05) is 0 Å². The van der Waals surface area contributed by atoms with Gasteiger partial charge in [-0.2, -0.15) is 0 Å². The van der Waals surface area contributed by atoms with Crippen LogP contribution in [0.1, 0.15) is 51.7 Å². The van der Waals surface area contributed by atoms with Crippen molar-refractivity contribution in [1.29, 1.82) is 0 Å². The van der Waals surface area contributed by atoms with Gasteiger partial charge in [-0.1, -0.05) is 61.4 Å². The lowest BCUT2D eigenvalue weighted by atomic mass is 10.00. The molecule has 0 N–H and O–H groups in total. The molecule has 0 aliphatic heterocycles. The van der Waals surface area contributed by atoms with Crippen molar-refractivity contribution in [2.45, 2.75) is 53.4 Å². The van der Waals surface area contributed by atoms with Crippen LogP contribution in [0.4, 0.5) is 0 Å². The van der Waals surface area contributed by atoms with E-state index in [0.29, 0.717) is 0 Å². The Labute approximate surface area is 112 Å². The largest absolute Gasteiger partial charge is 0.0847 e. The summed E-state index contributed by atoms with van der Waals surface area (Å²) in [6.45, 7) is 8.72. The fourth-order valence-electron chi connectivity index (χ4n) is 2.00. The normalized spacial score (nSPS) is 12.9. The molecule has 18 heavy (non-hydrogen) atoms. The van der Waals surface area contributed by atoms with Gasteiger partial charge >= 0.3 is 0 Å². The molecule has 1 aromatic carbocycles. The van der Waals surface area contributed by atoms with Crippen LogP contribution < -0.4 is 0 Å². The second-order valence-electron chi connectivity index (χ2n) is 4.86. The highest BCUT2D eigenvalue weighted by molar-refractivity contribution is 5.25. The van der Waals surface area contributed by atoms with Gasteiger partial charge in [0, 0.05) is 0 Å². The number of hydrogen-bond acceptors (Lipinski definition) is 0. The Bertz CT molecular complexity index is 404. The van der Waals surface area contributed by atoms with Crippen LogP contribution in [-0.4, -0.2) is 0 Å². The van der Waals surface area contributed by atoms with Gasteiger partial charge in [0.05, 0.1) is 0 Å². The molecule has 0 saturated heterocycles. The molecule has 0 aliphatic carbocycles. The summed E-state index contributed by atoms with van der Waals surface area (Å²) in [5, 5.41) is 0. The lowest BCUT2D eigenvalue weighted by Crippen LogP contribution is -1.90. The van der Waals surface area contributed by atoms with Gasteiger partial charge in [-0.25, -0.2) is 0 Å². The third kappa shape index (κ3) is 4.91. The van der Waals surface area contributed by atoms with Crippen molar-refractivity contribution < 1.29 is 0 Å². The van der Waals surface area contributed by atoms with Crippen molar-refractivity contribution in [2.75, 3.05) is 0 Å². The maximum Gasteiger partial charge on any atom is -0.0241 e. The van der Waals surface area contributed by atoms with Gasteiger partial charge in [-0.05, 0) is 50.7 Å². The van der Waals surface area contributed by atoms with Gasteiger partial charge in [0.2, 0.25) is 0 Å². The number of hydrogen-bond donors (Lipinski definition) is 0. The first kappa shape index (κ1) is 14.8. The van der Waals surface area contributed by atoms with Crippen LogP contribution in [0, 0.1) is 0 Å². The summed E-state index contributed by atoms with van der Waals surface area (Å²) in [6, 6.07) is 9.05. The fourth-order valence-corrected chi connectivity index (χ4v) is 2.00. The van der Waals surface area contributed by atoms with Crippen molar-refractivity contribution in [2.24, 2.45) is 0 Å². The van der Waals surface area contributed by atoms with Crippen LogP contribution in [0.15, 0.2) is 47.6 Å². The van der Waals surface area contributed by atoms with Crippen molar-refractivity contribution in [3.8, 4) is 0 Å². The Hall–Kier alpha value is -1.30. The minimum atomic E-state index is 1.13. The maximum absolute atomic E-state index is 2.33. The van der Waals surface area contributed by atoms with Crippen molar-refractivity contribution in [3.63, 3.8) is 0 Å². The highest BCUT2D eigenvalue weighted by Crippen LogP contribution is 2.15. The van der Waals surface area contributed by atoms with E-state index in [2.05, 4.69) is 64.1 Å². The smallest absolute Gasteiger partial charge is 0.0241 e. The molecule has 0 heteroatoms. The zero-order chi connectivity index (χ0) is 13.4. The first-order valence-corrected chi connectivity index (χ1v) is 7.09. The molecule has 0 amide bonds. The first-order valence-electron chi connectivity index (χ1n) is 7.09. The van der Waals surface area contributed by atoms with Crippen molar-refractivity contribution >= 4 is 0 Å². The van der Waals surface area contributed by atoms with Crippen LogP contribution in [0.3, 0.4) is 0 Å². The summed E-state index contributed by atoms with van der Waals surface area (Å²) in [7, 11) is 0. The molecule has 0 radical (unpaired) electrons. The van der Waals surface area contributed by atoms with Crippen LogP contribution >= 0.6 is 0 Å². The second kappa shape index (κ2) is 7.92. The van der Waals surface area contributed by atoms with Gasteiger partial charge in [0.1, 0.15) is 0 Å². The Kier molecular flexibility index (Phi) is 6.49. The topological polar surface area (TPSA) is 0 Å². The van der Waals surface area contributed by atoms with Crippen molar-refractivity contribution in [3.05, 3.63) is 58.7 Å². The van der Waals surface area contributed by atoms with E-state index in [4.69, 9.17) is 0 Å². The molecule has 0 bridgehead atoms. The molecule has 0 fully saturated rings. The molecule has 0 heterocycles. The number of allylic oxidation sites excluding steroid dienone is 4. The van der Waals surface area contributed by atoms with E-state index >= 15 is 0 Å². The van der Waals surface area contributed by atoms with Crippen LogP contribution in [0.25, 0.3) is 0 Å². The lowest BCUT2D eigenvalue weighted by molar-refractivity contribution is 0.881. The van der Waals surface area contributed by atoms with Gasteiger partial charge in [-0.15, -0.1) is 0 Å². The molecule has 0 aromatic heterocycles. The van der Waals surface area contributed by atoms with Crippen molar-refractivity contribution in [1.82, 2.24) is 0 Å². The van der Waals surface area contributed by atoms with Crippen LogP contribution in [0.2, 0.25) is 0 Å². The quantitative estimate of drug-likeness (QED) is 0.579. The van der Waals surface area contributed by atoms with Crippen LogP contribution in [-0.2, 0) is 12.8 Å². The predicted molar refractivity (Wildman–Crippen MR) is 81.9 cm³/mol. The highest BCUT2D eigenvalue weighted by atomic mass is 14.0. The standard InChI is InChI=1S/C18H26/c1-5-15(4)14-17(7-3)10-13-18-11-8-16(6-2)9-12-18/h5,8-9,11-12,14H,6-7,10,13H2,1-4H3/b15-5-,17-14+. The van der Waals surface area contributed by atoms with E-state index in [0.717, 1.165) is 19.3 Å². The minimum absolute atomic E-state index is 1.13. The summed E-state index contributed by atoms with van der Waals surface area (Å²) >= 11 is 0. The minimum Gasteiger partial charge on any atom is -0.0847 e. The molecule has 0 nitrogen and oxygen atoms in total. The Morgan fingerprint density at radius 1 is 1.06 bits per heavy atom. The molecule has 0 unspecified atom stereocenters. The third-order valence-electron chi connectivity index (χ3n) is 3.51. The van der Waals surface area contributed by atoms with E-state index in [-0.39, 0.29) is 0 Å². The average molecular weight is 242 g/mol. The van der Waals surface area contributed by atoms with E-state index in [9.17, 15) is 0 Å². The Morgan fingerprint density at radius 3 is 2.17 bits per heavy atom. The number of rotatable bonds is 6. The Morgan fingerprint density at radius 2 is 1.67 bits per heavy atom. The summed E-state index contributed by atoms with van der Waals surface area (Å²) in [5.41, 5.74) is 5.79. The zero-order valence-corrected chi connectivity index (χ0v) is 12.3. The average Bonchev–Trinajstić information content (AvgIpc) is 2.43. The monoisotopic (exact) mass is 242 g/mol. The SMILES string of the molecule is C/C=C(C)\C=C(/CC)CCc1ccc(CC)cc1. The zero-order valence-electron chi connectivity index (χ0n) is 12.3. The summed E-state index contributed by atoms with van der Waals surface area (Å²) < 4.78 is 0. The van der Waals surface area contributed by atoms with E-state index in [1.165, 1.54) is 23.1 Å². The molecule has 1 aromatic rings. The molecule has 0 atom stereocenters. The molecule has 1 rings (SSSR count). The lowest BCUT2D eigenvalue weighted by Gasteiger charge is -2.06. The molecule has 98 valence electrons. The summed E-state index contributed by atoms with van der Waals surface area (Å²) in [4.78, 5) is 0. The fraction of sp³-hybridized carbons (Fsp3) is 0.444. The van der Waals surface area contributed by atoms with Gasteiger partial charge in [0.25, 0.3) is 0 Å². The van der Waals surface area contributed by atoms with Gasteiger partial charge in [0.15, 0.2) is 0 Å². The van der Waals surface area contributed by atoms with E-state index < -0.39 is 0 Å². The molecule has 0 spiro atoms. The summed E-state index contributed by atoms with van der Waals surface area (Å²) in [5.74, 6) is 0.